The van der Waals surface area contributed by atoms with E-state index in [-0.39, 0.29) is 17.7 Å². The Labute approximate surface area is 105 Å². The molecule has 18 heavy (non-hydrogen) atoms. The standard InChI is InChI=1S/C13H14O5/c1-17-12(15)8-10(13(16)18-2)7-9-5-3-4-6-11(9)14/h3-7,14H,8H2,1-2H3. The number of hydrogen-bond donors (Lipinski definition) is 1. The number of carbonyl (C=O) groups is 2. The van der Waals surface area contributed by atoms with Crippen molar-refractivity contribution in [2.45, 2.75) is 6.42 Å². The van der Waals surface area contributed by atoms with Crippen molar-refractivity contribution in [3.05, 3.63) is 35.4 Å². The summed E-state index contributed by atoms with van der Waals surface area (Å²) >= 11 is 0. The van der Waals surface area contributed by atoms with Gasteiger partial charge in [0.2, 0.25) is 0 Å². The first-order valence-electron chi connectivity index (χ1n) is 5.22. The number of phenolic OH excluding ortho intramolecular Hbond substituents is 1. The largest absolute Gasteiger partial charge is 0.507 e. The van der Waals surface area contributed by atoms with E-state index in [9.17, 15) is 14.7 Å². The van der Waals surface area contributed by atoms with E-state index in [1.807, 2.05) is 0 Å². The first-order valence-corrected chi connectivity index (χ1v) is 5.22. The van der Waals surface area contributed by atoms with Crippen LogP contribution in [0.1, 0.15) is 12.0 Å². The highest BCUT2D eigenvalue weighted by molar-refractivity contribution is 5.98. The molecule has 5 heteroatoms. The van der Waals surface area contributed by atoms with E-state index in [0.29, 0.717) is 5.56 Å². The predicted molar refractivity (Wildman–Crippen MR) is 64.7 cm³/mol. The summed E-state index contributed by atoms with van der Waals surface area (Å²) < 4.78 is 9.07. The molecule has 0 saturated heterocycles. The van der Waals surface area contributed by atoms with Crippen LogP contribution in [-0.4, -0.2) is 31.3 Å². The second-order valence-corrected chi connectivity index (χ2v) is 3.47. The number of methoxy groups -OCH3 is 2. The first-order chi connectivity index (χ1) is 8.58. The molecular formula is C13H14O5. The molecule has 1 aromatic rings. The second-order valence-electron chi connectivity index (χ2n) is 3.47. The van der Waals surface area contributed by atoms with Gasteiger partial charge in [0, 0.05) is 11.1 Å². The maximum Gasteiger partial charge on any atom is 0.334 e. The van der Waals surface area contributed by atoms with Crippen molar-refractivity contribution in [2.75, 3.05) is 14.2 Å². The molecule has 0 fully saturated rings. The van der Waals surface area contributed by atoms with Crippen LogP contribution in [0.4, 0.5) is 0 Å². The lowest BCUT2D eigenvalue weighted by molar-refractivity contribution is -0.143. The molecule has 1 rings (SSSR count). The summed E-state index contributed by atoms with van der Waals surface area (Å²) in [4.78, 5) is 22.7. The molecule has 0 aromatic heterocycles. The maximum atomic E-state index is 11.5. The molecule has 0 unspecified atom stereocenters. The van der Waals surface area contributed by atoms with Crippen LogP contribution in [0.15, 0.2) is 29.8 Å². The molecule has 0 atom stereocenters. The van der Waals surface area contributed by atoms with Crippen LogP contribution in [0.2, 0.25) is 0 Å². The number of carbonyl (C=O) groups excluding carboxylic acids is 2. The van der Waals surface area contributed by atoms with Crippen molar-refractivity contribution in [1.82, 2.24) is 0 Å². The maximum absolute atomic E-state index is 11.5. The summed E-state index contributed by atoms with van der Waals surface area (Å²) in [5, 5.41) is 9.59. The summed E-state index contributed by atoms with van der Waals surface area (Å²) in [6, 6.07) is 6.47. The van der Waals surface area contributed by atoms with E-state index in [1.54, 1.807) is 18.2 Å². The molecule has 5 nitrogen and oxygen atoms in total. The van der Waals surface area contributed by atoms with Gasteiger partial charge in [0.15, 0.2) is 0 Å². The lowest BCUT2D eigenvalue weighted by Crippen LogP contribution is -2.10. The van der Waals surface area contributed by atoms with Crippen molar-refractivity contribution in [3.63, 3.8) is 0 Å². The number of benzene rings is 1. The highest BCUT2D eigenvalue weighted by Crippen LogP contribution is 2.20. The zero-order valence-corrected chi connectivity index (χ0v) is 10.2. The summed E-state index contributed by atoms with van der Waals surface area (Å²) in [6.07, 6.45) is 1.19. The Kier molecular flexibility index (Phi) is 4.92. The molecule has 1 aromatic carbocycles. The van der Waals surface area contributed by atoms with E-state index in [0.717, 1.165) is 0 Å². The van der Waals surface area contributed by atoms with E-state index < -0.39 is 11.9 Å². The van der Waals surface area contributed by atoms with Crippen molar-refractivity contribution >= 4 is 18.0 Å². The Morgan fingerprint density at radius 2 is 1.89 bits per heavy atom. The number of hydrogen-bond acceptors (Lipinski definition) is 5. The molecule has 0 radical (unpaired) electrons. The third-order valence-corrected chi connectivity index (χ3v) is 2.28. The summed E-state index contributed by atoms with van der Waals surface area (Å²) in [7, 11) is 2.45. The molecule has 0 spiro atoms. The number of aromatic hydroxyl groups is 1. The van der Waals surface area contributed by atoms with E-state index in [1.165, 1.54) is 26.4 Å². The van der Waals surface area contributed by atoms with Gasteiger partial charge in [-0.3, -0.25) is 4.79 Å². The average Bonchev–Trinajstić information content (AvgIpc) is 2.39. The topological polar surface area (TPSA) is 72.8 Å². The zero-order chi connectivity index (χ0) is 13.5. The SMILES string of the molecule is COC(=O)CC(=Cc1ccccc1O)C(=O)OC. The quantitative estimate of drug-likeness (QED) is 0.647. The van der Waals surface area contributed by atoms with Crippen molar-refractivity contribution < 1.29 is 24.2 Å². The minimum atomic E-state index is -0.636. The molecule has 0 bridgehead atoms. The van der Waals surface area contributed by atoms with Crippen LogP contribution in [0, 0.1) is 0 Å². The minimum absolute atomic E-state index is 0.0174. The van der Waals surface area contributed by atoms with Gasteiger partial charge in [-0.25, -0.2) is 4.79 Å². The van der Waals surface area contributed by atoms with Crippen molar-refractivity contribution in [1.29, 1.82) is 0 Å². The second kappa shape index (κ2) is 6.44. The van der Waals surface area contributed by atoms with Gasteiger partial charge in [-0.2, -0.15) is 0 Å². The molecular weight excluding hydrogens is 236 g/mol. The molecule has 0 aliphatic carbocycles. The molecule has 96 valence electrons. The van der Waals surface area contributed by atoms with Crippen LogP contribution in [0.25, 0.3) is 6.08 Å². The Morgan fingerprint density at radius 3 is 2.44 bits per heavy atom. The van der Waals surface area contributed by atoms with Crippen LogP contribution in [-0.2, 0) is 19.1 Å². The van der Waals surface area contributed by atoms with Gasteiger partial charge >= 0.3 is 11.9 Å². The van der Waals surface area contributed by atoms with Gasteiger partial charge in [0.25, 0.3) is 0 Å². The van der Waals surface area contributed by atoms with Gasteiger partial charge in [-0.1, -0.05) is 18.2 Å². The Hall–Kier alpha value is -2.30. The number of esters is 2. The number of phenols is 1. The Morgan fingerprint density at radius 1 is 1.22 bits per heavy atom. The average molecular weight is 250 g/mol. The fraction of sp³-hybridized carbons (Fsp3) is 0.231. The van der Waals surface area contributed by atoms with E-state index >= 15 is 0 Å². The van der Waals surface area contributed by atoms with Crippen LogP contribution < -0.4 is 0 Å². The van der Waals surface area contributed by atoms with Gasteiger partial charge in [0.05, 0.1) is 20.6 Å². The third-order valence-electron chi connectivity index (χ3n) is 2.28. The summed E-state index contributed by atoms with van der Waals surface area (Å²) in [5.74, 6) is -1.17. The molecule has 0 heterocycles. The minimum Gasteiger partial charge on any atom is -0.507 e. The highest BCUT2D eigenvalue weighted by Gasteiger charge is 2.15. The highest BCUT2D eigenvalue weighted by atomic mass is 16.5. The lowest BCUT2D eigenvalue weighted by Gasteiger charge is -2.05. The molecule has 0 aliphatic rings. The summed E-state index contributed by atoms with van der Waals surface area (Å²) in [5.41, 5.74) is 0.549. The lowest BCUT2D eigenvalue weighted by atomic mass is 10.1. The smallest absolute Gasteiger partial charge is 0.334 e. The number of para-hydroxylation sites is 1. The van der Waals surface area contributed by atoms with Gasteiger partial charge in [-0.05, 0) is 12.1 Å². The number of rotatable bonds is 4. The first kappa shape index (κ1) is 13.8. The Balaban J connectivity index is 3.06. The fourth-order valence-corrected chi connectivity index (χ4v) is 1.34. The summed E-state index contributed by atoms with van der Waals surface area (Å²) in [6.45, 7) is 0. The monoisotopic (exact) mass is 250 g/mol. The zero-order valence-electron chi connectivity index (χ0n) is 10.2. The van der Waals surface area contributed by atoms with Gasteiger partial charge in [0.1, 0.15) is 5.75 Å². The van der Waals surface area contributed by atoms with Gasteiger partial charge in [-0.15, -0.1) is 0 Å². The fourth-order valence-electron chi connectivity index (χ4n) is 1.34. The molecule has 0 amide bonds. The normalized spacial score (nSPS) is 10.9. The van der Waals surface area contributed by atoms with Crippen LogP contribution >= 0.6 is 0 Å². The Bertz CT molecular complexity index is 476. The molecule has 0 saturated carbocycles. The molecule has 1 N–H and O–H groups in total. The number of ether oxygens (including phenoxy) is 2. The van der Waals surface area contributed by atoms with Crippen LogP contribution in [0.3, 0.4) is 0 Å². The third kappa shape index (κ3) is 3.62. The van der Waals surface area contributed by atoms with Crippen molar-refractivity contribution in [2.24, 2.45) is 0 Å². The van der Waals surface area contributed by atoms with E-state index in [2.05, 4.69) is 9.47 Å². The predicted octanol–water partition coefficient (Wildman–Crippen LogP) is 1.51. The molecule has 0 aliphatic heterocycles. The van der Waals surface area contributed by atoms with E-state index in [4.69, 9.17) is 0 Å². The van der Waals surface area contributed by atoms with Gasteiger partial charge < -0.3 is 14.6 Å². The van der Waals surface area contributed by atoms with Crippen LogP contribution in [0.5, 0.6) is 5.75 Å². The van der Waals surface area contributed by atoms with Crippen molar-refractivity contribution in [3.8, 4) is 5.75 Å².